The second-order valence-electron chi connectivity index (χ2n) is 12.9. The lowest BCUT2D eigenvalue weighted by molar-refractivity contribution is -0.116. The van der Waals surface area contributed by atoms with Gasteiger partial charge in [-0.05, 0) is 43.5 Å². The molecule has 0 spiro atoms. The fourth-order valence-electron chi connectivity index (χ4n) is 6.58. The highest BCUT2D eigenvalue weighted by atomic mass is 32.1. The average Bonchev–Trinajstić information content (AvgIpc) is 3.69. The molecule has 48 heavy (non-hydrogen) atoms. The zero-order valence-electron chi connectivity index (χ0n) is 25.7. The molecule has 4 aromatic heterocycles. The van der Waals surface area contributed by atoms with Crippen LogP contribution in [0.3, 0.4) is 0 Å². The van der Waals surface area contributed by atoms with E-state index in [1.807, 2.05) is 0 Å². The molecule has 7 rings (SSSR count). The Morgan fingerprint density at radius 2 is 1.10 bits per heavy atom. The summed E-state index contributed by atoms with van der Waals surface area (Å²) in [7, 11) is 0. The SMILES string of the molecule is O=C(Cc1cccc(C2CC(F)(F)C2)n1)Nc1nnc([C@H]2CCC[C@H](c3nnc(NC(=O)Cc4cccc(C5CC(F)(F)C5)n4)s3)C2)s1. The number of rotatable bonds is 10. The number of nitrogens with one attached hydrogen (secondary N) is 2. The molecule has 0 radical (unpaired) electrons. The van der Waals surface area contributed by atoms with Crippen LogP contribution in [-0.4, -0.2) is 54.0 Å². The second-order valence-corrected chi connectivity index (χ2v) is 14.9. The molecule has 4 heterocycles. The molecule has 2 atom stereocenters. The molecule has 2 N–H and O–H groups in total. The molecule has 3 fully saturated rings. The van der Waals surface area contributed by atoms with E-state index in [1.165, 1.54) is 22.7 Å². The summed E-state index contributed by atoms with van der Waals surface area (Å²) < 4.78 is 53.2. The van der Waals surface area contributed by atoms with E-state index in [9.17, 15) is 27.2 Å². The lowest BCUT2D eigenvalue weighted by Gasteiger charge is -2.34. The summed E-state index contributed by atoms with van der Waals surface area (Å²) in [5.41, 5.74) is 2.19. The highest BCUT2D eigenvalue weighted by Gasteiger charge is 2.47. The van der Waals surface area contributed by atoms with E-state index < -0.39 is 11.8 Å². The average molecular weight is 701 g/mol. The Labute approximate surface area is 281 Å². The number of amides is 2. The summed E-state index contributed by atoms with van der Waals surface area (Å²) in [6.45, 7) is 0. The minimum atomic E-state index is -2.64. The van der Waals surface area contributed by atoms with Crippen molar-refractivity contribution in [3.8, 4) is 0 Å². The number of pyridine rings is 2. The van der Waals surface area contributed by atoms with Crippen LogP contribution in [-0.2, 0) is 22.4 Å². The molecule has 3 saturated carbocycles. The Bertz CT molecular complexity index is 1670. The number of hydrogen-bond donors (Lipinski definition) is 2. The number of halogens is 4. The molecule has 0 aliphatic heterocycles. The van der Waals surface area contributed by atoms with E-state index >= 15 is 0 Å². The molecule has 252 valence electrons. The number of hydrogen-bond acceptors (Lipinski definition) is 10. The van der Waals surface area contributed by atoms with Crippen molar-refractivity contribution in [3.05, 3.63) is 69.2 Å². The van der Waals surface area contributed by atoms with Gasteiger partial charge in [0.2, 0.25) is 33.9 Å². The maximum Gasteiger partial charge on any atom is 0.249 e. The van der Waals surface area contributed by atoms with Gasteiger partial charge in [-0.1, -0.05) is 41.2 Å². The van der Waals surface area contributed by atoms with Gasteiger partial charge >= 0.3 is 0 Å². The molecule has 0 bridgehead atoms. The molecular weight excluding hydrogens is 669 g/mol. The first-order valence-electron chi connectivity index (χ1n) is 15.9. The number of alkyl halides is 4. The minimum absolute atomic E-state index is 0.00184. The van der Waals surface area contributed by atoms with Crippen molar-refractivity contribution in [1.82, 2.24) is 30.4 Å². The van der Waals surface area contributed by atoms with Gasteiger partial charge in [-0.2, -0.15) is 0 Å². The molecule has 0 saturated heterocycles. The van der Waals surface area contributed by atoms with Gasteiger partial charge in [-0.3, -0.25) is 19.6 Å². The van der Waals surface area contributed by atoms with Gasteiger partial charge in [0.25, 0.3) is 0 Å². The third kappa shape index (κ3) is 7.69. The van der Waals surface area contributed by atoms with Gasteiger partial charge in [0.15, 0.2) is 0 Å². The summed E-state index contributed by atoms with van der Waals surface area (Å²) in [6.07, 6.45) is 2.69. The first-order chi connectivity index (χ1) is 23.0. The second kappa shape index (κ2) is 13.2. The number of nitrogens with zero attached hydrogens (tertiary/aromatic N) is 6. The van der Waals surface area contributed by atoms with Crippen molar-refractivity contribution in [2.75, 3.05) is 10.6 Å². The Morgan fingerprint density at radius 3 is 1.52 bits per heavy atom. The monoisotopic (exact) mass is 700 g/mol. The zero-order chi connectivity index (χ0) is 33.5. The van der Waals surface area contributed by atoms with Crippen LogP contribution in [0.15, 0.2) is 36.4 Å². The van der Waals surface area contributed by atoms with Crippen LogP contribution in [0.1, 0.15) is 108 Å². The van der Waals surface area contributed by atoms with Crippen molar-refractivity contribution in [2.45, 2.75) is 99.7 Å². The highest BCUT2D eigenvalue weighted by molar-refractivity contribution is 7.15. The van der Waals surface area contributed by atoms with Gasteiger partial charge in [-0.25, -0.2) is 17.6 Å². The maximum absolute atomic E-state index is 13.3. The normalized spacial score (nSPS) is 22.0. The zero-order valence-corrected chi connectivity index (χ0v) is 27.3. The predicted molar refractivity (Wildman–Crippen MR) is 171 cm³/mol. The van der Waals surface area contributed by atoms with Gasteiger partial charge in [0.1, 0.15) is 10.0 Å². The Hall–Kier alpha value is -3.92. The van der Waals surface area contributed by atoms with Crippen molar-refractivity contribution < 1.29 is 27.2 Å². The molecule has 0 aromatic carbocycles. The fraction of sp³-hybridized carbons (Fsp3) is 0.500. The minimum Gasteiger partial charge on any atom is -0.300 e. The first kappa shape index (κ1) is 32.6. The molecule has 0 unspecified atom stereocenters. The van der Waals surface area contributed by atoms with E-state index in [0.717, 1.165) is 35.7 Å². The lowest BCUT2D eigenvalue weighted by atomic mass is 9.79. The number of carbonyl (C=O) groups excluding carboxylic acids is 2. The maximum atomic E-state index is 13.3. The van der Waals surface area contributed by atoms with E-state index in [2.05, 4.69) is 41.0 Å². The van der Waals surface area contributed by atoms with Crippen LogP contribution < -0.4 is 10.6 Å². The number of anilines is 2. The number of carbonyl (C=O) groups is 2. The van der Waals surface area contributed by atoms with Gasteiger partial charge in [0, 0.05) is 60.7 Å². The van der Waals surface area contributed by atoms with Crippen LogP contribution in [0.2, 0.25) is 0 Å². The van der Waals surface area contributed by atoms with Gasteiger partial charge in [0.05, 0.1) is 24.2 Å². The van der Waals surface area contributed by atoms with Crippen LogP contribution in [0.5, 0.6) is 0 Å². The third-order valence-electron chi connectivity index (χ3n) is 9.10. The molecule has 3 aliphatic carbocycles. The predicted octanol–water partition coefficient (Wildman–Crippen LogP) is 7.01. The first-order valence-corrected chi connectivity index (χ1v) is 17.5. The smallest absolute Gasteiger partial charge is 0.249 e. The van der Waals surface area contributed by atoms with Crippen molar-refractivity contribution >= 4 is 44.8 Å². The molecule has 4 aromatic rings. The van der Waals surface area contributed by atoms with Gasteiger partial charge in [-0.15, -0.1) is 20.4 Å². The Balaban J connectivity index is 0.899. The highest BCUT2D eigenvalue weighted by Crippen LogP contribution is 2.49. The molecule has 10 nitrogen and oxygen atoms in total. The van der Waals surface area contributed by atoms with E-state index in [-0.39, 0.29) is 74.0 Å². The van der Waals surface area contributed by atoms with Crippen molar-refractivity contribution in [1.29, 1.82) is 0 Å². The molecule has 16 heteroatoms. The van der Waals surface area contributed by atoms with Gasteiger partial charge < -0.3 is 10.6 Å². The summed E-state index contributed by atoms with van der Waals surface area (Å²) in [6, 6.07) is 10.3. The molecule has 3 aliphatic rings. The Kier molecular flexibility index (Phi) is 8.96. The Morgan fingerprint density at radius 1 is 0.667 bits per heavy atom. The standard InChI is InChI=1S/C32H32F4N8O2S2/c33-31(34)13-19(14-31)23-8-2-6-21(37-23)11-25(45)39-29-43-41-27(47-29)17-4-1-5-18(10-17)28-42-44-30(48-28)40-26(46)12-22-7-3-9-24(38-22)20-15-32(35,36)16-20/h2-3,6-9,17-20H,1,4-5,10-16H2,(H,39,43,45)(H,40,44,46)/t17-,18-/m0/s1. The largest absolute Gasteiger partial charge is 0.300 e. The summed E-state index contributed by atoms with van der Waals surface area (Å²) in [5, 5.41) is 25.0. The van der Waals surface area contributed by atoms with Crippen LogP contribution in [0.4, 0.5) is 27.8 Å². The van der Waals surface area contributed by atoms with Crippen LogP contribution >= 0.6 is 22.7 Å². The summed E-state index contributed by atoms with van der Waals surface area (Å²) in [4.78, 5) is 34.3. The summed E-state index contributed by atoms with van der Waals surface area (Å²) in [5.74, 6) is -6.21. The number of aromatic nitrogens is 6. The fourth-order valence-corrected chi connectivity index (χ4v) is 8.40. The quantitative estimate of drug-likeness (QED) is 0.169. The topological polar surface area (TPSA) is 136 Å². The van der Waals surface area contributed by atoms with E-state index in [4.69, 9.17) is 0 Å². The lowest BCUT2D eigenvalue weighted by Crippen LogP contribution is -2.34. The van der Waals surface area contributed by atoms with Crippen molar-refractivity contribution in [2.24, 2.45) is 0 Å². The molecule has 2 amide bonds. The van der Waals surface area contributed by atoms with Crippen molar-refractivity contribution in [3.63, 3.8) is 0 Å². The van der Waals surface area contributed by atoms with Crippen LogP contribution in [0.25, 0.3) is 0 Å². The van der Waals surface area contributed by atoms with E-state index in [0.29, 0.717) is 33.0 Å². The van der Waals surface area contributed by atoms with E-state index in [1.54, 1.807) is 36.4 Å². The van der Waals surface area contributed by atoms with Crippen LogP contribution in [0, 0.1) is 0 Å². The summed E-state index contributed by atoms with van der Waals surface area (Å²) >= 11 is 2.66. The third-order valence-corrected chi connectivity index (χ3v) is 11.1. The molecular formula is C32H32F4N8O2S2.